The van der Waals surface area contributed by atoms with E-state index in [0.717, 1.165) is 25.0 Å². The number of hydrogen-bond donors (Lipinski definition) is 0. The second kappa shape index (κ2) is 8.58. The molecule has 2 aromatic carbocycles. The van der Waals surface area contributed by atoms with Crippen LogP contribution in [-0.4, -0.2) is 51.4 Å². The molecule has 156 valence electrons. The first-order valence-electron chi connectivity index (χ1n) is 10.7. The second-order valence-corrected chi connectivity index (χ2v) is 10.6. The molecule has 29 heavy (non-hydrogen) atoms. The van der Waals surface area contributed by atoms with Crippen molar-refractivity contribution in [3.05, 3.63) is 53.6 Å². The number of sulfone groups is 1. The van der Waals surface area contributed by atoms with Gasteiger partial charge in [-0.05, 0) is 73.0 Å². The van der Waals surface area contributed by atoms with Gasteiger partial charge in [0.15, 0.2) is 9.84 Å². The maximum Gasteiger partial charge on any atom is 0.178 e. The fourth-order valence-electron chi connectivity index (χ4n) is 4.93. The fourth-order valence-corrected chi connectivity index (χ4v) is 5.81. The van der Waals surface area contributed by atoms with Gasteiger partial charge in [0.2, 0.25) is 0 Å². The van der Waals surface area contributed by atoms with Crippen LogP contribution < -0.4 is 0 Å². The maximum absolute atomic E-state index is 12.0. The lowest BCUT2D eigenvalue weighted by atomic mass is 9.85. The Balaban J connectivity index is 1.51. The third-order valence-electron chi connectivity index (χ3n) is 6.59. The molecule has 1 saturated heterocycles. The van der Waals surface area contributed by atoms with Crippen LogP contribution in [0.3, 0.4) is 0 Å². The Labute approximate surface area is 174 Å². The van der Waals surface area contributed by atoms with Gasteiger partial charge in [0.25, 0.3) is 0 Å². The van der Waals surface area contributed by atoms with E-state index in [1.54, 1.807) is 26.2 Å². The van der Waals surface area contributed by atoms with Crippen LogP contribution in [0.4, 0.5) is 0 Å². The zero-order valence-electron chi connectivity index (χ0n) is 17.4. The van der Waals surface area contributed by atoms with Crippen molar-refractivity contribution in [2.24, 2.45) is 0 Å². The Morgan fingerprint density at radius 2 is 1.79 bits per heavy atom. The topological polar surface area (TPSA) is 46.6 Å². The number of fused-ring (bicyclic) bond motifs is 1. The van der Waals surface area contributed by atoms with E-state index >= 15 is 0 Å². The summed E-state index contributed by atoms with van der Waals surface area (Å²) in [6.45, 7) is 3.71. The molecule has 0 spiro atoms. The molecule has 0 amide bonds. The summed E-state index contributed by atoms with van der Waals surface area (Å²) in [5.74, 6) is 0.134. The Hall–Kier alpha value is -1.69. The lowest BCUT2D eigenvalue weighted by Crippen LogP contribution is -2.44. The normalized spacial score (nSPS) is 22.6. The minimum Gasteiger partial charge on any atom is -0.383 e. The molecule has 1 heterocycles. The van der Waals surface area contributed by atoms with Crippen LogP contribution in [0, 0.1) is 0 Å². The standard InChI is InChI=1S/C24H31NO3S/c1-3-29(26,27)24-12-9-18(10-13-24)19-6-7-21-16-22(11-8-20(21)15-19)25-14-4-5-23(25)17-28-2/h6-7,9-10,12-13,15,22-23H,3-5,8,11,14,16-17H2,1-2H3. The van der Waals surface area contributed by atoms with E-state index < -0.39 is 9.84 Å². The minimum absolute atomic E-state index is 0.134. The summed E-state index contributed by atoms with van der Waals surface area (Å²) in [7, 11) is -1.34. The van der Waals surface area contributed by atoms with Gasteiger partial charge >= 0.3 is 0 Å². The van der Waals surface area contributed by atoms with Crippen LogP contribution in [0.2, 0.25) is 0 Å². The molecule has 0 bridgehead atoms. The van der Waals surface area contributed by atoms with Crippen molar-refractivity contribution in [2.75, 3.05) is 26.0 Å². The predicted octanol–water partition coefficient (Wildman–Crippen LogP) is 4.12. The highest BCUT2D eigenvalue weighted by Crippen LogP contribution is 2.32. The van der Waals surface area contributed by atoms with Crippen LogP contribution in [0.5, 0.6) is 0 Å². The molecule has 0 N–H and O–H groups in total. The predicted molar refractivity (Wildman–Crippen MR) is 117 cm³/mol. The Bertz CT molecular complexity index is 953. The molecule has 0 saturated carbocycles. The first-order chi connectivity index (χ1) is 14.0. The van der Waals surface area contributed by atoms with Gasteiger partial charge in [0.1, 0.15) is 0 Å². The van der Waals surface area contributed by atoms with Gasteiger partial charge in [0.05, 0.1) is 17.3 Å². The number of aryl methyl sites for hydroxylation is 1. The zero-order chi connectivity index (χ0) is 20.4. The number of rotatable bonds is 6. The highest BCUT2D eigenvalue weighted by molar-refractivity contribution is 7.91. The number of benzene rings is 2. The van der Waals surface area contributed by atoms with E-state index in [4.69, 9.17) is 4.74 Å². The summed E-state index contributed by atoms with van der Waals surface area (Å²) in [4.78, 5) is 3.08. The van der Waals surface area contributed by atoms with Crippen molar-refractivity contribution in [1.82, 2.24) is 4.90 Å². The van der Waals surface area contributed by atoms with E-state index in [9.17, 15) is 8.42 Å². The molecule has 1 fully saturated rings. The van der Waals surface area contributed by atoms with Gasteiger partial charge in [-0.25, -0.2) is 8.42 Å². The SMILES string of the molecule is CCS(=O)(=O)c1ccc(-c2ccc3c(c2)CCC(N2CCCC2COC)C3)cc1. The van der Waals surface area contributed by atoms with E-state index in [-0.39, 0.29) is 5.75 Å². The number of likely N-dealkylation sites (tertiary alicyclic amines) is 1. The quantitative estimate of drug-likeness (QED) is 0.715. The lowest BCUT2D eigenvalue weighted by molar-refractivity contribution is 0.0837. The van der Waals surface area contributed by atoms with Crippen molar-refractivity contribution in [3.8, 4) is 11.1 Å². The number of ether oxygens (including phenoxy) is 1. The van der Waals surface area contributed by atoms with Crippen molar-refractivity contribution >= 4 is 9.84 Å². The number of hydrogen-bond acceptors (Lipinski definition) is 4. The average Bonchev–Trinajstić information content (AvgIpc) is 3.21. The van der Waals surface area contributed by atoms with Gasteiger partial charge in [-0.2, -0.15) is 0 Å². The van der Waals surface area contributed by atoms with Crippen LogP contribution in [0.15, 0.2) is 47.4 Å². The monoisotopic (exact) mass is 413 g/mol. The molecule has 4 rings (SSSR count). The summed E-state index contributed by atoms with van der Waals surface area (Å²) >= 11 is 0. The molecule has 2 aromatic rings. The van der Waals surface area contributed by atoms with Crippen LogP contribution in [0.1, 0.15) is 37.3 Å². The molecule has 4 nitrogen and oxygen atoms in total. The number of methoxy groups -OCH3 is 1. The van der Waals surface area contributed by atoms with Gasteiger partial charge in [0, 0.05) is 19.2 Å². The van der Waals surface area contributed by atoms with Gasteiger partial charge in [-0.3, -0.25) is 4.90 Å². The molecular weight excluding hydrogens is 382 g/mol. The summed E-state index contributed by atoms with van der Waals surface area (Å²) in [5.41, 5.74) is 5.13. The highest BCUT2D eigenvalue weighted by Gasteiger charge is 2.32. The fraction of sp³-hybridized carbons (Fsp3) is 0.500. The minimum atomic E-state index is -3.15. The Morgan fingerprint density at radius 1 is 1.03 bits per heavy atom. The van der Waals surface area contributed by atoms with Gasteiger partial charge in [-0.15, -0.1) is 0 Å². The first-order valence-corrected chi connectivity index (χ1v) is 12.4. The van der Waals surface area contributed by atoms with Crippen molar-refractivity contribution in [2.45, 2.75) is 56.0 Å². The third kappa shape index (κ3) is 4.27. The second-order valence-electron chi connectivity index (χ2n) is 8.30. The van der Waals surface area contributed by atoms with E-state index in [1.807, 2.05) is 12.1 Å². The molecule has 1 aliphatic carbocycles. The first kappa shape index (κ1) is 20.6. The highest BCUT2D eigenvalue weighted by atomic mass is 32.2. The molecule has 2 atom stereocenters. The summed E-state index contributed by atoms with van der Waals surface area (Å²) in [5, 5.41) is 0. The maximum atomic E-state index is 12.0. The molecule has 0 radical (unpaired) electrons. The van der Waals surface area contributed by atoms with E-state index in [2.05, 4.69) is 23.1 Å². The third-order valence-corrected chi connectivity index (χ3v) is 8.34. The van der Waals surface area contributed by atoms with E-state index in [1.165, 1.54) is 42.5 Å². The Kier molecular flexibility index (Phi) is 6.09. The van der Waals surface area contributed by atoms with Crippen LogP contribution >= 0.6 is 0 Å². The molecule has 0 aromatic heterocycles. The lowest BCUT2D eigenvalue weighted by Gasteiger charge is -2.36. The average molecular weight is 414 g/mol. The van der Waals surface area contributed by atoms with Gasteiger partial charge < -0.3 is 4.74 Å². The van der Waals surface area contributed by atoms with E-state index in [0.29, 0.717) is 17.0 Å². The van der Waals surface area contributed by atoms with Crippen molar-refractivity contribution in [3.63, 3.8) is 0 Å². The largest absolute Gasteiger partial charge is 0.383 e. The van der Waals surface area contributed by atoms with Crippen molar-refractivity contribution < 1.29 is 13.2 Å². The molecule has 5 heteroatoms. The smallest absolute Gasteiger partial charge is 0.178 e. The van der Waals surface area contributed by atoms with Gasteiger partial charge in [-0.1, -0.05) is 37.3 Å². The molecular formula is C24H31NO3S. The number of nitrogens with zero attached hydrogens (tertiary/aromatic N) is 1. The Morgan fingerprint density at radius 3 is 2.52 bits per heavy atom. The van der Waals surface area contributed by atoms with Crippen molar-refractivity contribution in [1.29, 1.82) is 0 Å². The molecule has 2 aliphatic rings. The zero-order valence-corrected chi connectivity index (χ0v) is 18.2. The van der Waals surface area contributed by atoms with Crippen LogP contribution in [0.25, 0.3) is 11.1 Å². The summed E-state index contributed by atoms with van der Waals surface area (Å²) in [6, 6.07) is 15.3. The summed E-state index contributed by atoms with van der Waals surface area (Å²) < 4.78 is 29.5. The molecule has 1 aliphatic heterocycles. The summed E-state index contributed by atoms with van der Waals surface area (Å²) in [6.07, 6.45) is 5.94. The van der Waals surface area contributed by atoms with Crippen LogP contribution in [-0.2, 0) is 27.4 Å². The molecule has 2 unspecified atom stereocenters.